The molecule has 2 aliphatic rings. The van der Waals surface area contributed by atoms with Crippen LogP contribution in [-0.2, 0) is 21.3 Å². The third-order valence-electron chi connectivity index (χ3n) is 6.64. The van der Waals surface area contributed by atoms with Crippen molar-refractivity contribution in [3.8, 4) is 11.1 Å². The topological polar surface area (TPSA) is 115 Å². The number of nitrogens with zero attached hydrogens (tertiary/aromatic N) is 4. The quantitative estimate of drug-likeness (QED) is 0.543. The Balaban J connectivity index is 1.40. The third-order valence-corrected chi connectivity index (χ3v) is 7.31. The van der Waals surface area contributed by atoms with E-state index in [1.54, 1.807) is 0 Å². The first kappa shape index (κ1) is 22.3. The SMILES string of the molecule is CS(=O)(=O)NCc1cccc(-c2cn(C3CC(CN4CCOCC4)C3)c3ncnc(N)c23)c1. The van der Waals surface area contributed by atoms with Gasteiger partial charge in [0.15, 0.2) is 0 Å². The van der Waals surface area contributed by atoms with Crippen LogP contribution in [0.1, 0.15) is 24.4 Å². The number of hydrogen-bond donors (Lipinski definition) is 2. The molecule has 3 N–H and O–H groups in total. The van der Waals surface area contributed by atoms with Crippen LogP contribution in [0, 0.1) is 5.92 Å². The zero-order valence-electron chi connectivity index (χ0n) is 18.8. The number of sulfonamides is 1. The molecular weight excluding hydrogens is 440 g/mol. The van der Waals surface area contributed by atoms with Gasteiger partial charge in [-0.15, -0.1) is 0 Å². The molecule has 0 amide bonds. The summed E-state index contributed by atoms with van der Waals surface area (Å²) in [5.74, 6) is 1.14. The van der Waals surface area contributed by atoms with Crippen LogP contribution in [0.4, 0.5) is 5.82 Å². The second-order valence-electron chi connectivity index (χ2n) is 9.11. The number of fused-ring (bicyclic) bond motifs is 1. The van der Waals surface area contributed by atoms with Crippen LogP contribution >= 0.6 is 0 Å². The highest BCUT2D eigenvalue weighted by Crippen LogP contribution is 2.43. The third kappa shape index (κ3) is 4.89. The van der Waals surface area contributed by atoms with Crippen LogP contribution in [0.2, 0.25) is 0 Å². The lowest BCUT2D eigenvalue weighted by Crippen LogP contribution is -2.42. The fourth-order valence-electron chi connectivity index (χ4n) is 4.89. The molecule has 2 aromatic heterocycles. The monoisotopic (exact) mass is 470 g/mol. The summed E-state index contributed by atoms with van der Waals surface area (Å²) in [6, 6.07) is 8.22. The zero-order chi connectivity index (χ0) is 23.0. The van der Waals surface area contributed by atoms with Gasteiger partial charge >= 0.3 is 0 Å². The highest BCUT2D eigenvalue weighted by atomic mass is 32.2. The summed E-state index contributed by atoms with van der Waals surface area (Å²) in [6.45, 7) is 5.06. The van der Waals surface area contributed by atoms with Crippen molar-refractivity contribution in [1.82, 2.24) is 24.2 Å². The molecule has 1 saturated carbocycles. The summed E-state index contributed by atoms with van der Waals surface area (Å²) >= 11 is 0. The minimum atomic E-state index is -3.26. The maximum Gasteiger partial charge on any atom is 0.209 e. The molecule has 1 aliphatic carbocycles. The van der Waals surface area contributed by atoms with Gasteiger partial charge in [0.25, 0.3) is 0 Å². The fraction of sp³-hybridized carbons (Fsp3) is 0.478. The van der Waals surface area contributed by atoms with Crippen molar-refractivity contribution >= 4 is 26.9 Å². The Labute approximate surface area is 194 Å². The molecule has 5 rings (SSSR count). The lowest BCUT2D eigenvalue weighted by molar-refractivity contribution is 0.0182. The number of nitrogens with two attached hydrogens (primary N) is 1. The molecule has 0 radical (unpaired) electrons. The van der Waals surface area contributed by atoms with E-state index in [4.69, 9.17) is 10.5 Å². The van der Waals surface area contributed by atoms with Gasteiger partial charge in [-0.1, -0.05) is 18.2 Å². The number of nitrogens with one attached hydrogen (secondary N) is 1. The summed E-state index contributed by atoms with van der Waals surface area (Å²) in [4.78, 5) is 11.3. The number of rotatable bonds is 7. The first-order chi connectivity index (χ1) is 15.9. The second-order valence-corrected chi connectivity index (χ2v) is 10.9. The van der Waals surface area contributed by atoms with Crippen molar-refractivity contribution in [2.24, 2.45) is 5.92 Å². The van der Waals surface area contributed by atoms with Crippen LogP contribution in [0.15, 0.2) is 36.8 Å². The predicted octanol–water partition coefficient (Wildman–Crippen LogP) is 2.01. The molecule has 176 valence electrons. The van der Waals surface area contributed by atoms with E-state index in [0.717, 1.165) is 79.7 Å². The number of aromatic nitrogens is 3. The normalized spacial score (nSPS) is 21.8. The van der Waals surface area contributed by atoms with E-state index in [0.29, 0.717) is 17.8 Å². The van der Waals surface area contributed by atoms with Crippen molar-refractivity contribution in [3.05, 3.63) is 42.4 Å². The summed E-state index contributed by atoms with van der Waals surface area (Å²) in [6.07, 6.45) is 7.04. The number of nitrogen functional groups attached to an aromatic ring is 1. The lowest BCUT2D eigenvalue weighted by atomic mass is 9.79. The van der Waals surface area contributed by atoms with Crippen LogP contribution < -0.4 is 10.5 Å². The highest BCUT2D eigenvalue weighted by molar-refractivity contribution is 7.88. The Morgan fingerprint density at radius 3 is 2.76 bits per heavy atom. The average molecular weight is 471 g/mol. The van der Waals surface area contributed by atoms with Crippen molar-refractivity contribution in [1.29, 1.82) is 0 Å². The average Bonchev–Trinajstić information content (AvgIpc) is 3.16. The van der Waals surface area contributed by atoms with E-state index in [1.165, 1.54) is 6.33 Å². The van der Waals surface area contributed by atoms with E-state index in [2.05, 4.69) is 30.4 Å². The van der Waals surface area contributed by atoms with Gasteiger partial charge in [0.05, 0.1) is 24.9 Å². The van der Waals surface area contributed by atoms with Gasteiger partial charge in [0, 0.05) is 44.0 Å². The molecule has 2 fully saturated rings. The second kappa shape index (κ2) is 9.02. The molecule has 3 aromatic rings. The van der Waals surface area contributed by atoms with Gasteiger partial charge in [0.1, 0.15) is 17.8 Å². The van der Waals surface area contributed by atoms with Gasteiger partial charge < -0.3 is 15.0 Å². The summed E-state index contributed by atoms with van der Waals surface area (Å²) in [7, 11) is -3.26. The van der Waals surface area contributed by atoms with Crippen LogP contribution in [0.3, 0.4) is 0 Å². The summed E-state index contributed by atoms with van der Waals surface area (Å²) in [5, 5.41) is 0.849. The standard InChI is InChI=1S/C23H30N6O3S/c1-33(30,31)27-12-16-3-2-4-18(9-16)20-14-29(23-21(20)22(24)25-15-26-23)19-10-17(11-19)13-28-5-7-32-8-6-28/h2-4,9,14-15,17,19,27H,5-8,10-13H2,1H3,(H2,24,25,26). The van der Waals surface area contributed by atoms with Crippen LogP contribution in [0.25, 0.3) is 22.2 Å². The minimum Gasteiger partial charge on any atom is -0.383 e. The molecule has 0 bridgehead atoms. The Kier molecular flexibility index (Phi) is 6.09. The van der Waals surface area contributed by atoms with Crippen molar-refractivity contribution in [2.45, 2.75) is 25.4 Å². The van der Waals surface area contributed by atoms with Gasteiger partial charge in [-0.2, -0.15) is 0 Å². The van der Waals surface area contributed by atoms with Gasteiger partial charge in [-0.25, -0.2) is 23.1 Å². The van der Waals surface area contributed by atoms with E-state index in [1.807, 2.05) is 24.3 Å². The Hall–Kier alpha value is -2.53. The molecule has 0 unspecified atom stereocenters. The Morgan fingerprint density at radius 1 is 1.21 bits per heavy atom. The van der Waals surface area contributed by atoms with Gasteiger partial charge in [0.2, 0.25) is 10.0 Å². The number of hydrogen-bond acceptors (Lipinski definition) is 7. The Morgan fingerprint density at radius 2 is 2.00 bits per heavy atom. The molecule has 33 heavy (non-hydrogen) atoms. The van der Waals surface area contributed by atoms with E-state index in [9.17, 15) is 8.42 Å². The number of ether oxygens (including phenoxy) is 1. The van der Waals surface area contributed by atoms with Gasteiger partial charge in [-0.3, -0.25) is 4.90 Å². The number of morpholine rings is 1. The molecule has 1 saturated heterocycles. The molecule has 10 heteroatoms. The number of anilines is 1. The first-order valence-corrected chi connectivity index (χ1v) is 13.2. The van der Waals surface area contributed by atoms with E-state index >= 15 is 0 Å². The molecular formula is C23H30N6O3S. The van der Waals surface area contributed by atoms with Gasteiger partial charge in [-0.05, 0) is 36.0 Å². The zero-order valence-corrected chi connectivity index (χ0v) is 19.6. The molecule has 1 aliphatic heterocycles. The maximum absolute atomic E-state index is 11.5. The van der Waals surface area contributed by atoms with E-state index < -0.39 is 10.0 Å². The van der Waals surface area contributed by atoms with Crippen molar-refractivity contribution in [3.63, 3.8) is 0 Å². The van der Waals surface area contributed by atoms with Crippen LogP contribution in [-0.4, -0.2) is 67.0 Å². The highest BCUT2D eigenvalue weighted by Gasteiger charge is 2.33. The molecule has 0 spiro atoms. The molecule has 1 aromatic carbocycles. The summed E-state index contributed by atoms with van der Waals surface area (Å²) < 4.78 is 33.2. The van der Waals surface area contributed by atoms with E-state index in [-0.39, 0.29) is 6.54 Å². The smallest absolute Gasteiger partial charge is 0.209 e. The minimum absolute atomic E-state index is 0.239. The van der Waals surface area contributed by atoms with Crippen molar-refractivity contribution < 1.29 is 13.2 Å². The van der Waals surface area contributed by atoms with Crippen molar-refractivity contribution in [2.75, 3.05) is 44.8 Å². The Bertz CT molecular complexity index is 1250. The summed E-state index contributed by atoms with van der Waals surface area (Å²) in [5.41, 5.74) is 9.97. The fourth-order valence-corrected chi connectivity index (χ4v) is 5.32. The maximum atomic E-state index is 11.5. The van der Waals surface area contributed by atoms with Crippen LogP contribution in [0.5, 0.6) is 0 Å². The number of benzene rings is 1. The molecule has 3 heterocycles. The predicted molar refractivity (Wildman–Crippen MR) is 128 cm³/mol. The lowest BCUT2D eigenvalue weighted by Gasteiger charge is -2.40. The largest absolute Gasteiger partial charge is 0.383 e. The first-order valence-electron chi connectivity index (χ1n) is 11.3. The molecule has 0 atom stereocenters. The molecule has 9 nitrogen and oxygen atoms in total.